The van der Waals surface area contributed by atoms with Gasteiger partial charge in [0, 0.05) is 24.0 Å². The first-order valence-corrected chi connectivity index (χ1v) is 8.91. The van der Waals surface area contributed by atoms with Crippen molar-refractivity contribution in [2.45, 2.75) is 19.9 Å². The molecule has 6 heteroatoms. The van der Waals surface area contributed by atoms with Crippen LogP contribution in [0.4, 0.5) is 5.69 Å². The molecular weight excluding hydrogens is 340 g/mol. The number of nitrogens with one attached hydrogen (secondary N) is 2. The number of hydrogen-bond acceptors (Lipinski definition) is 3. The van der Waals surface area contributed by atoms with Gasteiger partial charge >= 0.3 is 0 Å². The molecule has 1 aromatic heterocycles. The standard InChI is InChI=1S/C21H22N4O2/c1-2-11-22-20(26)17-9-6-10-19(12-17)24-21(27)18-13-23-25(15-18)14-16-7-4-3-5-8-16/h3-10,12-13,15H,2,11,14H2,1H3,(H,22,26)(H,24,27). The second kappa shape index (κ2) is 8.80. The van der Waals surface area contributed by atoms with Crippen molar-refractivity contribution in [3.8, 4) is 0 Å². The average molecular weight is 362 g/mol. The van der Waals surface area contributed by atoms with Crippen molar-refractivity contribution in [1.29, 1.82) is 0 Å². The topological polar surface area (TPSA) is 76.0 Å². The highest BCUT2D eigenvalue weighted by molar-refractivity contribution is 6.04. The molecule has 0 saturated carbocycles. The Morgan fingerprint density at radius 3 is 2.59 bits per heavy atom. The zero-order valence-corrected chi connectivity index (χ0v) is 15.2. The Bertz CT molecular complexity index is 919. The van der Waals surface area contributed by atoms with Crippen LogP contribution in [0.2, 0.25) is 0 Å². The van der Waals surface area contributed by atoms with Crippen LogP contribution in [-0.4, -0.2) is 28.1 Å². The van der Waals surface area contributed by atoms with Gasteiger partial charge in [-0.25, -0.2) is 0 Å². The van der Waals surface area contributed by atoms with Crippen LogP contribution in [0.25, 0.3) is 0 Å². The van der Waals surface area contributed by atoms with Crippen LogP contribution < -0.4 is 10.6 Å². The summed E-state index contributed by atoms with van der Waals surface area (Å²) in [6.07, 6.45) is 4.12. The van der Waals surface area contributed by atoms with E-state index in [2.05, 4.69) is 15.7 Å². The van der Waals surface area contributed by atoms with Gasteiger partial charge in [-0.1, -0.05) is 43.3 Å². The third-order valence-corrected chi connectivity index (χ3v) is 4.00. The molecule has 0 bridgehead atoms. The second-order valence-corrected chi connectivity index (χ2v) is 6.20. The Morgan fingerprint density at radius 2 is 1.81 bits per heavy atom. The van der Waals surface area contributed by atoms with E-state index >= 15 is 0 Å². The Hall–Kier alpha value is -3.41. The zero-order valence-electron chi connectivity index (χ0n) is 15.2. The Morgan fingerprint density at radius 1 is 1.00 bits per heavy atom. The van der Waals surface area contributed by atoms with Crippen LogP contribution in [0.15, 0.2) is 67.0 Å². The van der Waals surface area contributed by atoms with Crippen molar-refractivity contribution < 1.29 is 9.59 Å². The van der Waals surface area contributed by atoms with E-state index in [-0.39, 0.29) is 11.8 Å². The Balaban J connectivity index is 1.65. The van der Waals surface area contributed by atoms with Crippen molar-refractivity contribution in [3.63, 3.8) is 0 Å². The van der Waals surface area contributed by atoms with Crippen molar-refractivity contribution >= 4 is 17.5 Å². The highest BCUT2D eigenvalue weighted by atomic mass is 16.2. The predicted octanol–water partition coefficient (Wildman–Crippen LogP) is 3.32. The minimum Gasteiger partial charge on any atom is -0.352 e. The summed E-state index contributed by atoms with van der Waals surface area (Å²) in [5, 5.41) is 9.88. The molecule has 3 aromatic rings. The normalized spacial score (nSPS) is 10.4. The molecule has 3 rings (SSSR count). The lowest BCUT2D eigenvalue weighted by Gasteiger charge is -2.07. The molecule has 0 atom stereocenters. The van der Waals surface area contributed by atoms with E-state index in [4.69, 9.17) is 0 Å². The Kier molecular flexibility index (Phi) is 5.99. The van der Waals surface area contributed by atoms with Gasteiger partial charge in [0.1, 0.15) is 0 Å². The van der Waals surface area contributed by atoms with Crippen molar-refractivity contribution in [1.82, 2.24) is 15.1 Å². The first-order chi connectivity index (χ1) is 13.2. The monoisotopic (exact) mass is 362 g/mol. The van der Waals surface area contributed by atoms with E-state index in [1.165, 1.54) is 6.20 Å². The lowest BCUT2D eigenvalue weighted by molar-refractivity contribution is 0.0952. The van der Waals surface area contributed by atoms with Crippen LogP contribution in [0.1, 0.15) is 39.6 Å². The number of benzene rings is 2. The smallest absolute Gasteiger partial charge is 0.258 e. The van der Waals surface area contributed by atoms with Gasteiger partial charge in [-0.05, 0) is 30.2 Å². The number of carbonyl (C=O) groups excluding carboxylic acids is 2. The van der Waals surface area contributed by atoms with Crippen LogP contribution in [0.3, 0.4) is 0 Å². The lowest BCUT2D eigenvalue weighted by Crippen LogP contribution is -2.24. The van der Waals surface area contributed by atoms with Crippen molar-refractivity contribution in [2.24, 2.45) is 0 Å². The number of aromatic nitrogens is 2. The molecule has 6 nitrogen and oxygen atoms in total. The molecule has 0 unspecified atom stereocenters. The summed E-state index contributed by atoms with van der Waals surface area (Å²) in [5.41, 5.74) is 2.66. The summed E-state index contributed by atoms with van der Waals surface area (Å²) in [6.45, 7) is 3.21. The summed E-state index contributed by atoms with van der Waals surface area (Å²) in [4.78, 5) is 24.5. The van der Waals surface area contributed by atoms with E-state index < -0.39 is 0 Å². The molecule has 0 aliphatic heterocycles. The molecule has 0 fully saturated rings. The molecule has 2 aromatic carbocycles. The molecule has 2 N–H and O–H groups in total. The van der Waals surface area contributed by atoms with Crippen LogP contribution in [-0.2, 0) is 6.54 Å². The van der Waals surface area contributed by atoms with E-state index in [1.807, 2.05) is 37.3 Å². The van der Waals surface area contributed by atoms with Crippen LogP contribution >= 0.6 is 0 Å². The molecule has 0 spiro atoms. The summed E-state index contributed by atoms with van der Waals surface area (Å²) >= 11 is 0. The largest absolute Gasteiger partial charge is 0.352 e. The molecular formula is C21H22N4O2. The van der Waals surface area contributed by atoms with Gasteiger partial charge in [-0.15, -0.1) is 0 Å². The molecule has 0 saturated heterocycles. The number of rotatable bonds is 7. The second-order valence-electron chi connectivity index (χ2n) is 6.20. The molecule has 27 heavy (non-hydrogen) atoms. The third kappa shape index (κ3) is 5.04. The van der Waals surface area contributed by atoms with Gasteiger partial charge in [0.15, 0.2) is 0 Å². The zero-order chi connectivity index (χ0) is 19.1. The fraction of sp³-hybridized carbons (Fsp3) is 0.190. The molecule has 0 aliphatic carbocycles. The number of hydrogen-bond donors (Lipinski definition) is 2. The molecule has 2 amide bonds. The van der Waals surface area contributed by atoms with Gasteiger partial charge in [-0.2, -0.15) is 5.10 Å². The van der Waals surface area contributed by atoms with E-state index in [1.54, 1.807) is 35.1 Å². The molecule has 0 radical (unpaired) electrons. The summed E-state index contributed by atoms with van der Waals surface area (Å²) in [5.74, 6) is -0.413. The minimum absolute atomic E-state index is 0.149. The maximum atomic E-state index is 12.5. The van der Waals surface area contributed by atoms with Crippen LogP contribution in [0, 0.1) is 0 Å². The van der Waals surface area contributed by atoms with Crippen LogP contribution in [0.5, 0.6) is 0 Å². The minimum atomic E-state index is -0.263. The van der Waals surface area contributed by atoms with Gasteiger partial charge in [0.25, 0.3) is 11.8 Å². The van der Waals surface area contributed by atoms with E-state index in [0.717, 1.165) is 12.0 Å². The SMILES string of the molecule is CCCNC(=O)c1cccc(NC(=O)c2cnn(Cc3ccccc3)c2)c1. The number of amides is 2. The highest BCUT2D eigenvalue weighted by Crippen LogP contribution is 2.13. The van der Waals surface area contributed by atoms with Crippen molar-refractivity contribution in [3.05, 3.63) is 83.7 Å². The number of carbonyl (C=O) groups is 2. The predicted molar refractivity (Wildman–Crippen MR) is 105 cm³/mol. The molecule has 138 valence electrons. The fourth-order valence-corrected chi connectivity index (χ4v) is 2.62. The van der Waals surface area contributed by atoms with E-state index in [0.29, 0.717) is 29.9 Å². The van der Waals surface area contributed by atoms with Gasteiger partial charge in [-0.3, -0.25) is 14.3 Å². The van der Waals surface area contributed by atoms with Crippen molar-refractivity contribution in [2.75, 3.05) is 11.9 Å². The third-order valence-electron chi connectivity index (χ3n) is 4.00. The van der Waals surface area contributed by atoms with E-state index in [9.17, 15) is 9.59 Å². The average Bonchev–Trinajstić information content (AvgIpc) is 3.16. The first kappa shape index (κ1) is 18.4. The lowest BCUT2D eigenvalue weighted by atomic mass is 10.2. The molecule has 0 aliphatic rings. The fourth-order valence-electron chi connectivity index (χ4n) is 2.62. The maximum Gasteiger partial charge on any atom is 0.258 e. The Labute approximate surface area is 158 Å². The van der Waals surface area contributed by atoms with Gasteiger partial charge in [0.2, 0.25) is 0 Å². The number of anilines is 1. The quantitative estimate of drug-likeness (QED) is 0.677. The maximum absolute atomic E-state index is 12.5. The van der Waals surface area contributed by atoms with Gasteiger partial charge in [0.05, 0.1) is 18.3 Å². The van der Waals surface area contributed by atoms with Gasteiger partial charge < -0.3 is 10.6 Å². The highest BCUT2D eigenvalue weighted by Gasteiger charge is 2.11. The number of nitrogens with zero attached hydrogens (tertiary/aromatic N) is 2. The summed E-state index contributed by atoms with van der Waals surface area (Å²) in [7, 11) is 0. The summed E-state index contributed by atoms with van der Waals surface area (Å²) in [6, 6.07) is 16.8. The first-order valence-electron chi connectivity index (χ1n) is 8.91. The molecule has 1 heterocycles. The summed E-state index contributed by atoms with van der Waals surface area (Å²) < 4.78 is 1.72.